The zero-order chi connectivity index (χ0) is 8.97. The maximum Gasteiger partial charge on any atom is 0.239 e. The van der Waals surface area contributed by atoms with Crippen molar-refractivity contribution in [2.45, 2.75) is 0 Å². The van der Waals surface area contributed by atoms with Crippen LogP contribution in [-0.2, 0) is 4.18 Å². The van der Waals surface area contributed by atoms with Gasteiger partial charge in [-0.05, 0) is 12.1 Å². The zero-order valence-corrected chi connectivity index (χ0v) is 7.58. The molecular formula is C6H6N2O2S2. The molecule has 0 aliphatic heterocycles. The monoisotopic (exact) mass is 202 g/mol. The van der Waals surface area contributed by atoms with Gasteiger partial charge in [-0.3, -0.25) is 10.2 Å². The standard InChI is InChI=1S/C6H6N2O2S2/c7-6(10-12-8)5-2-1-4(3-9)11-5/h1-3,7H,8H2. The number of nitrogens with two attached hydrogens (primary N) is 1. The molecule has 0 atom stereocenters. The van der Waals surface area contributed by atoms with Crippen molar-refractivity contribution >= 4 is 35.7 Å². The highest BCUT2D eigenvalue weighted by molar-refractivity contribution is 7.92. The minimum absolute atomic E-state index is 0.0272. The zero-order valence-electron chi connectivity index (χ0n) is 5.94. The van der Waals surface area contributed by atoms with Gasteiger partial charge in [-0.15, -0.1) is 11.3 Å². The van der Waals surface area contributed by atoms with Crippen LogP contribution in [0.5, 0.6) is 0 Å². The second-order valence-corrected chi connectivity index (χ2v) is 3.30. The topological polar surface area (TPSA) is 76.2 Å². The first-order chi connectivity index (χ1) is 5.77. The van der Waals surface area contributed by atoms with E-state index in [-0.39, 0.29) is 5.90 Å². The molecule has 3 N–H and O–H groups in total. The number of aldehydes is 1. The van der Waals surface area contributed by atoms with Crippen LogP contribution >= 0.6 is 23.6 Å². The largest absolute Gasteiger partial charge is 0.389 e. The minimum atomic E-state index is -0.0272. The van der Waals surface area contributed by atoms with Crippen molar-refractivity contribution < 1.29 is 8.98 Å². The van der Waals surface area contributed by atoms with Gasteiger partial charge in [0.1, 0.15) is 12.2 Å². The highest BCUT2D eigenvalue weighted by Crippen LogP contribution is 2.16. The molecule has 6 heteroatoms. The van der Waals surface area contributed by atoms with E-state index in [0.29, 0.717) is 22.0 Å². The summed E-state index contributed by atoms with van der Waals surface area (Å²) < 4.78 is 4.66. The fourth-order valence-electron chi connectivity index (χ4n) is 0.627. The molecule has 0 aromatic carbocycles. The van der Waals surface area contributed by atoms with E-state index in [1.54, 1.807) is 12.1 Å². The van der Waals surface area contributed by atoms with E-state index in [0.717, 1.165) is 6.29 Å². The number of carbonyl (C=O) groups is 1. The minimum Gasteiger partial charge on any atom is -0.389 e. The van der Waals surface area contributed by atoms with Gasteiger partial charge in [-0.1, -0.05) is 0 Å². The molecule has 0 radical (unpaired) electrons. The van der Waals surface area contributed by atoms with Crippen molar-refractivity contribution in [3.8, 4) is 0 Å². The molecule has 1 aromatic rings. The van der Waals surface area contributed by atoms with Gasteiger partial charge in [0.25, 0.3) is 0 Å². The predicted octanol–water partition coefficient (Wildman–Crippen LogP) is 1.42. The molecule has 12 heavy (non-hydrogen) atoms. The third kappa shape index (κ3) is 2.07. The second kappa shape index (κ2) is 4.24. The molecule has 0 spiro atoms. The van der Waals surface area contributed by atoms with Crippen LogP contribution in [-0.4, -0.2) is 12.2 Å². The summed E-state index contributed by atoms with van der Waals surface area (Å²) in [7, 11) is 0. The summed E-state index contributed by atoms with van der Waals surface area (Å²) in [6.45, 7) is 0. The van der Waals surface area contributed by atoms with Crippen molar-refractivity contribution in [1.29, 1.82) is 5.41 Å². The van der Waals surface area contributed by atoms with Gasteiger partial charge in [-0.25, -0.2) is 5.14 Å². The first-order valence-electron chi connectivity index (χ1n) is 2.95. The van der Waals surface area contributed by atoms with E-state index in [1.165, 1.54) is 11.3 Å². The lowest BCUT2D eigenvalue weighted by atomic mass is 10.4. The number of carbonyl (C=O) groups excluding carboxylic acids is 1. The van der Waals surface area contributed by atoms with Crippen LogP contribution in [0.1, 0.15) is 14.5 Å². The van der Waals surface area contributed by atoms with Crippen LogP contribution in [0.25, 0.3) is 0 Å². The van der Waals surface area contributed by atoms with Crippen molar-refractivity contribution in [3.63, 3.8) is 0 Å². The van der Waals surface area contributed by atoms with Gasteiger partial charge in [0, 0.05) is 0 Å². The molecule has 0 amide bonds. The van der Waals surface area contributed by atoms with Gasteiger partial charge in [0.15, 0.2) is 6.29 Å². The van der Waals surface area contributed by atoms with Crippen molar-refractivity contribution in [1.82, 2.24) is 0 Å². The number of nitrogens with one attached hydrogen (secondary N) is 1. The average Bonchev–Trinajstić information content (AvgIpc) is 2.52. The Balaban J connectivity index is 2.74. The molecule has 0 bridgehead atoms. The molecule has 0 unspecified atom stereocenters. The summed E-state index contributed by atoms with van der Waals surface area (Å²) in [5, 5.41) is 12.3. The fourth-order valence-corrected chi connectivity index (χ4v) is 1.57. The molecular weight excluding hydrogens is 196 g/mol. The van der Waals surface area contributed by atoms with Crippen LogP contribution in [0, 0.1) is 5.41 Å². The molecule has 0 saturated carbocycles. The highest BCUT2D eigenvalue weighted by Gasteiger charge is 2.05. The van der Waals surface area contributed by atoms with E-state index >= 15 is 0 Å². The Hall–Kier alpha value is -0.850. The maximum absolute atomic E-state index is 10.3. The number of thiophene rings is 1. The van der Waals surface area contributed by atoms with Gasteiger partial charge in [0.05, 0.1) is 9.75 Å². The maximum atomic E-state index is 10.3. The van der Waals surface area contributed by atoms with E-state index in [2.05, 4.69) is 4.18 Å². The Labute approximate surface area is 77.6 Å². The van der Waals surface area contributed by atoms with Crippen LogP contribution in [0.15, 0.2) is 12.1 Å². The SMILES string of the molecule is N=C(OSN)c1ccc(C=O)s1. The normalized spacial score (nSPS) is 9.42. The van der Waals surface area contributed by atoms with Crippen molar-refractivity contribution in [2.24, 2.45) is 5.14 Å². The predicted molar refractivity (Wildman–Crippen MR) is 49.4 cm³/mol. The molecule has 0 fully saturated rings. The Bertz CT molecular complexity index is 297. The number of rotatable bonds is 3. The molecule has 1 heterocycles. The van der Waals surface area contributed by atoms with Gasteiger partial charge in [0.2, 0.25) is 5.90 Å². The van der Waals surface area contributed by atoms with E-state index in [9.17, 15) is 4.79 Å². The Morgan fingerprint density at radius 2 is 2.50 bits per heavy atom. The van der Waals surface area contributed by atoms with Gasteiger partial charge < -0.3 is 4.18 Å². The third-order valence-corrected chi connectivity index (χ3v) is 2.37. The quantitative estimate of drug-likeness (QED) is 0.255. The van der Waals surface area contributed by atoms with Crippen LogP contribution in [0.3, 0.4) is 0 Å². The van der Waals surface area contributed by atoms with Crippen LogP contribution in [0.2, 0.25) is 0 Å². The molecule has 1 rings (SSSR count). The second-order valence-electron chi connectivity index (χ2n) is 1.83. The Morgan fingerprint density at radius 1 is 1.75 bits per heavy atom. The average molecular weight is 202 g/mol. The highest BCUT2D eigenvalue weighted by atomic mass is 32.2. The lowest BCUT2D eigenvalue weighted by molar-refractivity contribution is 0.112. The summed E-state index contributed by atoms with van der Waals surface area (Å²) in [5.74, 6) is -0.0272. The number of hydrogen-bond donors (Lipinski definition) is 2. The summed E-state index contributed by atoms with van der Waals surface area (Å²) in [5.41, 5.74) is 0. The van der Waals surface area contributed by atoms with E-state index < -0.39 is 0 Å². The first-order valence-corrected chi connectivity index (χ1v) is 4.57. The Kier molecular flexibility index (Phi) is 3.27. The molecule has 1 aromatic heterocycles. The summed E-state index contributed by atoms with van der Waals surface area (Å²) in [6.07, 6.45) is 0.733. The Morgan fingerprint density at radius 3 is 3.00 bits per heavy atom. The molecule has 0 aliphatic carbocycles. The molecule has 64 valence electrons. The van der Waals surface area contributed by atoms with Gasteiger partial charge in [-0.2, -0.15) is 0 Å². The van der Waals surface area contributed by atoms with Crippen molar-refractivity contribution in [2.75, 3.05) is 0 Å². The smallest absolute Gasteiger partial charge is 0.239 e. The fraction of sp³-hybridized carbons (Fsp3) is 0. The van der Waals surface area contributed by atoms with E-state index in [4.69, 9.17) is 10.5 Å². The summed E-state index contributed by atoms with van der Waals surface area (Å²) in [6, 6.07) is 3.28. The number of hydrogen-bond acceptors (Lipinski definition) is 6. The van der Waals surface area contributed by atoms with Crippen LogP contribution < -0.4 is 5.14 Å². The molecule has 0 saturated heterocycles. The lowest BCUT2D eigenvalue weighted by Crippen LogP contribution is -1.98. The van der Waals surface area contributed by atoms with Gasteiger partial charge >= 0.3 is 0 Å². The third-order valence-electron chi connectivity index (χ3n) is 1.10. The summed E-state index contributed by atoms with van der Waals surface area (Å²) in [4.78, 5) is 11.4. The van der Waals surface area contributed by atoms with Crippen LogP contribution in [0.4, 0.5) is 0 Å². The lowest BCUT2D eigenvalue weighted by Gasteiger charge is -1.96. The van der Waals surface area contributed by atoms with Crippen molar-refractivity contribution in [3.05, 3.63) is 21.9 Å². The first kappa shape index (κ1) is 9.24. The summed E-state index contributed by atoms with van der Waals surface area (Å²) >= 11 is 1.81. The molecule has 4 nitrogen and oxygen atoms in total. The van der Waals surface area contributed by atoms with E-state index in [1.807, 2.05) is 0 Å². The molecule has 0 aliphatic rings.